The zero-order chi connectivity index (χ0) is 13.1. The molecule has 3 rings (SSSR count). The van der Waals surface area contributed by atoms with Crippen LogP contribution in [0.1, 0.15) is 12.8 Å². The second-order valence-electron chi connectivity index (χ2n) is 4.50. The van der Waals surface area contributed by atoms with Crippen LogP contribution in [0.15, 0.2) is 36.7 Å². The van der Waals surface area contributed by atoms with Gasteiger partial charge in [-0.05, 0) is 43.7 Å². The van der Waals surface area contributed by atoms with Gasteiger partial charge in [0.2, 0.25) is 5.91 Å². The van der Waals surface area contributed by atoms with Crippen LogP contribution < -0.4 is 10.6 Å². The second kappa shape index (κ2) is 6.49. The van der Waals surface area contributed by atoms with Crippen molar-refractivity contribution in [3.05, 3.63) is 36.7 Å². The molecule has 6 nitrogen and oxygen atoms in total. The first-order valence-corrected chi connectivity index (χ1v) is 6.34. The Bertz CT molecular complexity index is 549. The lowest BCUT2D eigenvalue weighted by molar-refractivity contribution is -0.117. The van der Waals surface area contributed by atoms with Crippen molar-refractivity contribution < 1.29 is 4.79 Å². The van der Waals surface area contributed by atoms with E-state index in [4.69, 9.17) is 0 Å². The van der Waals surface area contributed by atoms with Gasteiger partial charge in [0.25, 0.3) is 0 Å². The number of rotatable bonds is 3. The summed E-state index contributed by atoms with van der Waals surface area (Å²) in [5, 5.41) is 14.2. The molecule has 1 aliphatic heterocycles. The predicted molar refractivity (Wildman–Crippen MR) is 78.3 cm³/mol. The molecule has 1 amide bonds. The number of halogens is 1. The zero-order valence-electron chi connectivity index (χ0n) is 10.8. The molecule has 20 heavy (non-hydrogen) atoms. The number of hydrogen-bond acceptors (Lipinski definition) is 4. The number of anilines is 1. The Balaban J connectivity index is 0.00000147. The van der Waals surface area contributed by atoms with Gasteiger partial charge in [-0.15, -0.1) is 12.4 Å². The molecule has 7 heteroatoms. The van der Waals surface area contributed by atoms with E-state index in [1.807, 2.05) is 24.3 Å². The van der Waals surface area contributed by atoms with Gasteiger partial charge in [0.05, 0.1) is 24.1 Å². The zero-order valence-corrected chi connectivity index (χ0v) is 11.6. The Labute approximate surface area is 123 Å². The topological polar surface area (TPSA) is 71.8 Å². The first-order valence-electron chi connectivity index (χ1n) is 6.34. The minimum atomic E-state index is -0.0625. The monoisotopic (exact) mass is 293 g/mol. The molecule has 0 saturated carbocycles. The fourth-order valence-electron chi connectivity index (χ4n) is 2.16. The molecule has 2 aromatic rings. The molecule has 0 aliphatic carbocycles. The van der Waals surface area contributed by atoms with Gasteiger partial charge in [-0.1, -0.05) is 0 Å². The smallest absolute Gasteiger partial charge is 0.241 e. The molecule has 1 unspecified atom stereocenters. The number of carbonyl (C=O) groups is 1. The molecule has 2 N–H and O–H groups in total. The van der Waals surface area contributed by atoms with Crippen molar-refractivity contribution in [2.24, 2.45) is 0 Å². The normalized spacial score (nSPS) is 17.5. The summed E-state index contributed by atoms with van der Waals surface area (Å²) in [5.74, 6) is 0.0301. The summed E-state index contributed by atoms with van der Waals surface area (Å²) >= 11 is 0. The summed E-state index contributed by atoms with van der Waals surface area (Å²) in [6.45, 7) is 0.919. The summed E-state index contributed by atoms with van der Waals surface area (Å²) in [5.41, 5.74) is 1.65. The maximum atomic E-state index is 11.9. The summed E-state index contributed by atoms with van der Waals surface area (Å²) in [7, 11) is 0. The molecule has 0 spiro atoms. The molecule has 1 aliphatic rings. The lowest BCUT2D eigenvalue weighted by Crippen LogP contribution is -2.35. The van der Waals surface area contributed by atoms with Crippen LogP contribution in [-0.2, 0) is 4.79 Å². The minimum Gasteiger partial charge on any atom is -0.325 e. The highest BCUT2D eigenvalue weighted by Crippen LogP contribution is 2.13. The van der Waals surface area contributed by atoms with Crippen molar-refractivity contribution in [1.29, 1.82) is 0 Å². The molecule has 1 atom stereocenters. The first-order chi connectivity index (χ1) is 9.33. The third-order valence-electron chi connectivity index (χ3n) is 3.16. The van der Waals surface area contributed by atoms with Crippen LogP contribution in [0.2, 0.25) is 0 Å². The van der Waals surface area contributed by atoms with Gasteiger partial charge in [0, 0.05) is 5.69 Å². The highest BCUT2D eigenvalue weighted by molar-refractivity contribution is 5.95. The fourth-order valence-corrected chi connectivity index (χ4v) is 2.16. The molecular formula is C13H16ClN5O. The van der Waals surface area contributed by atoms with Crippen molar-refractivity contribution in [3.8, 4) is 5.69 Å². The van der Waals surface area contributed by atoms with Crippen molar-refractivity contribution in [2.45, 2.75) is 18.9 Å². The lowest BCUT2D eigenvalue weighted by Gasteiger charge is -2.11. The standard InChI is InChI=1S/C13H15N5O.ClH/c19-13(12-2-1-7-14-12)17-10-3-5-11(6-4-10)18-15-8-9-16-18;/h3-6,8-9,12,14H,1-2,7H2,(H,17,19);1H. The number of benzene rings is 1. The van der Waals surface area contributed by atoms with Crippen LogP contribution in [0.25, 0.3) is 5.69 Å². The number of carbonyl (C=O) groups excluding carboxylic acids is 1. The Morgan fingerprint density at radius 2 is 1.95 bits per heavy atom. The molecule has 1 saturated heterocycles. The molecule has 2 heterocycles. The number of hydrogen-bond donors (Lipinski definition) is 2. The van der Waals surface area contributed by atoms with Gasteiger partial charge in [-0.25, -0.2) is 0 Å². The Hall–Kier alpha value is -1.92. The van der Waals surface area contributed by atoms with E-state index in [1.165, 1.54) is 4.80 Å². The second-order valence-corrected chi connectivity index (χ2v) is 4.50. The van der Waals surface area contributed by atoms with Crippen LogP contribution >= 0.6 is 12.4 Å². The van der Waals surface area contributed by atoms with Crippen molar-refractivity contribution in [1.82, 2.24) is 20.3 Å². The van der Waals surface area contributed by atoms with E-state index in [2.05, 4.69) is 20.8 Å². The van der Waals surface area contributed by atoms with Gasteiger partial charge in [-0.3, -0.25) is 4.79 Å². The van der Waals surface area contributed by atoms with E-state index >= 15 is 0 Å². The average Bonchev–Trinajstić information content (AvgIpc) is 3.13. The van der Waals surface area contributed by atoms with E-state index in [0.717, 1.165) is 30.8 Å². The molecule has 1 fully saturated rings. The van der Waals surface area contributed by atoms with E-state index < -0.39 is 0 Å². The molecule has 0 radical (unpaired) electrons. The lowest BCUT2D eigenvalue weighted by atomic mass is 10.2. The fraction of sp³-hybridized carbons (Fsp3) is 0.308. The van der Waals surface area contributed by atoms with Crippen molar-refractivity contribution in [3.63, 3.8) is 0 Å². The Morgan fingerprint density at radius 3 is 2.55 bits per heavy atom. The van der Waals surface area contributed by atoms with Crippen LogP contribution in [-0.4, -0.2) is 33.5 Å². The van der Waals surface area contributed by atoms with Gasteiger partial charge >= 0.3 is 0 Å². The maximum absolute atomic E-state index is 11.9. The van der Waals surface area contributed by atoms with Gasteiger partial charge < -0.3 is 10.6 Å². The number of nitrogens with zero attached hydrogens (tertiary/aromatic N) is 3. The highest BCUT2D eigenvalue weighted by atomic mass is 35.5. The average molecular weight is 294 g/mol. The Morgan fingerprint density at radius 1 is 1.25 bits per heavy atom. The summed E-state index contributed by atoms with van der Waals surface area (Å²) < 4.78 is 0. The van der Waals surface area contributed by atoms with Crippen molar-refractivity contribution in [2.75, 3.05) is 11.9 Å². The van der Waals surface area contributed by atoms with Gasteiger partial charge in [0.15, 0.2) is 0 Å². The SMILES string of the molecule is Cl.O=C(Nc1ccc(-n2nccn2)cc1)C1CCCN1. The number of aromatic nitrogens is 3. The van der Waals surface area contributed by atoms with Crippen LogP contribution in [0, 0.1) is 0 Å². The van der Waals surface area contributed by atoms with E-state index in [0.29, 0.717) is 0 Å². The largest absolute Gasteiger partial charge is 0.325 e. The van der Waals surface area contributed by atoms with Crippen LogP contribution in [0.4, 0.5) is 5.69 Å². The third-order valence-corrected chi connectivity index (χ3v) is 3.16. The summed E-state index contributed by atoms with van der Waals surface area (Å²) in [4.78, 5) is 13.5. The van der Waals surface area contributed by atoms with Crippen LogP contribution in [0.5, 0.6) is 0 Å². The first kappa shape index (κ1) is 14.5. The summed E-state index contributed by atoms with van der Waals surface area (Å²) in [6.07, 6.45) is 5.21. The van der Waals surface area contributed by atoms with E-state index in [9.17, 15) is 4.79 Å². The predicted octanol–water partition coefficient (Wildman–Crippen LogP) is 1.38. The molecular weight excluding hydrogens is 278 g/mol. The minimum absolute atomic E-state index is 0. The molecule has 1 aromatic heterocycles. The summed E-state index contributed by atoms with van der Waals surface area (Å²) in [6, 6.07) is 7.39. The van der Waals surface area contributed by atoms with E-state index in [-0.39, 0.29) is 24.4 Å². The maximum Gasteiger partial charge on any atom is 0.241 e. The quantitative estimate of drug-likeness (QED) is 0.897. The van der Waals surface area contributed by atoms with Gasteiger partial charge in [0.1, 0.15) is 0 Å². The van der Waals surface area contributed by atoms with Gasteiger partial charge in [-0.2, -0.15) is 15.0 Å². The molecule has 1 aromatic carbocycles. The molecule has 106 valence electrons. The number of nitrogens with one attached hydrogen (secondary N) is 2. The highest BCUT2D eigenvalue weighted by Gasteiger charge is 2.21. The number of amides is 1. The van der Waals surface area contributed by atoms with E-state index in [1.54, 1.807) is 12.4 Å². The van der Waals surface area contributed by atoms with Crippen LogP contribution in [0.3, 0.4) is 0 Å². The Kier molecular flexibility index (Phi) is 4.70. The molecule has 0 bridgehead atoms. The van der Waals surface area contributed by atoms with Crippen molar-refractivity contribution >= 4 is 24.0 Å². The third kappa shape index (κ3) is 3.15.